The molecule has 3 nitrogen and oxygen atoms in total. The molecule has 1 radical (unpaired) electrons. The summed E-state index contributed by atoms with van der Waals surface area (Å²) in [5, 5.41) is 0. The highest BCUT2D eigenvalue weighted by molar-refractivity contribution is 7.86. The van der Waals surface area contributed by atoms with Gasteiger partial charge in [-0.1, -0.05) is 0 Å². The number of hydrogen-bond acceptors (Lipinski definition) is 3. The zero-order valence-electron chi connectivity index (χ0n) is 16.8. The van der Waals surface area contributed by atoms with Crippen molar-refractivity contribution in [3.63, 3.8) is 0 Å². The maximum atomic E-state index is 12.9. The topological polar surface area (TPSA) is 43.4 Å². The van der Waals surface area contributed by atoms with Crippen LogP contribution < -0.4 is 20.2 Å². The first-order chi connectivity index (χ1) is 16.0. The molecule has 3 aromatic rings. The van der Waals surface area contributed by atoms with E-state index in [4.69, 9.17) is 2.51 Å². The summed E-state index contributed by atoms with van der Waals surface area (Å²) in [7, 11) is -4.74. The van der Waals surface area contributed by atoms with Crippen LogP contribution in [0.2, 0.25) is 0 Å². The van der Waals surface area contributed by atoms with Gasteiger partial charge in [0.25, 0.3) is 0 Å². The fraction of sp³-hybridized carbons (Fsp3) is 0.143. The van der Waals surface area contributed by atoms with Gasteiger partial charge in [-0.05, 0) is 75.3 Å². The van der Waals surface area contributed by atoms with E-state index in [2.05, 4.69) is 0 Å². The molecule has 0 unspecified atom stereocenters. The number of benzene rings is 3. The fourth-order valence-corrected chi connectivity index (χ4v) is 9.52. The summed E-state index contributed by atoms with van der Waals surface area (Å²) >= 11 is -3.71. The van der Waals surface area contributed by atoms with Gasteiger partial charge in [0, 0.05) is 0 Å². The highest BCUT2D eigenvalue weighted by Gasteiger charge is 2.40. The lowest BCUT2D eigenvalue weighted by molar-refractivity contribution is -1.03. The van der Waals surface area contributed by atoms with Crippen LogP contribution in [-0.2, 0) is 31.2 Å². The number of alkyl halides is 9. The van der Waals surface area contributed by atoms with Crippen LogP contribution in [0.15, 0.2) is 77.7 Å². The largest absolute Gasteiger partial charge is 0.416 e. The van der Waals surface area contributed by atoms with Crippen molar-refractivity contribution in [3.05, 3.63) is 96.6 Å². The van der Waals surface area contributed by atoms with Crippen LogP contribution >= 0.6 is 0 Å². The molecule has 14 heteroatoms. The third-order valence-corrected chi connectivity index (χ3v) is 11.7. The SMILES string of the molecule is O=S(=O)(O[I+](c1ccc(C(F)(F)F)cc1)c1ccc(C(F)(F)F)cc1)c1ccc(C(F)(F)F)cc1. The van der Waals surface area contributed by atoms with Crippen LogP contribution in [0.1, 0.15) is 16.7 Å². The van der Waals surface area contributed by atoms with Crippen molar-refractivity contribution in [2.75, 3.05) is 0 Å². The summed E-state index contributed by atoms with van der Waals surface area (Å²) < 4.78 is 147. The van der Waals surface area contributed by atoms with Crippen LogP contribution in [0.3, 0.4) is 0 Å². The molecule has 0 spiro atoms. The molecular formula is C21H12F9IO3S+. The molecule has 0 bridgehead atoms. The average Bonchev–Trinajstić information content (AvgIpc) is 2.76. The Hall–Kier alpha value is -2.33. The second-order valence-electron chi connectivity index (χ2n) is 6.80. The summed E-state index contributed by atoms with van der Waals surface area (Å²) in [4.78, 5) is -0.661. The third kappa shape index (κ3) is 6.67. The molecule has 0 saturated heterocycles. The maximum Gasteiger partial charge on any atom is 0.416 e. The van der Waals surface area contributed by atoms with Gasteiger partial charge in [0.2, 0.25) is 0 Å². The smallest absolute Gasteiger partial charge is 0.190 e. The molecule has 0 fully saturated rings. The van der Waals surface area contributed by atoms with Gasteiger partial charge < -0.3 is 0 Å². The first-order valence-electron chi connectivity index (χ1n) is 9.15. The Morgan fingerprint density at radius 2 is 0.800 bits per heavy atom. The van der Waals surface area contributed by atoms with Crippen LogP contribution in [0.5, 0.6) is 0 Å². The first kappa shape index (κ1) is 27.3. The first-order valence-corrected chi connectivity index (χ1v) is 13.6. The van der Waals surface area contributed by atoms with Gasteiger partial charge in [0.05, 0.1) is 21.6 Å². The molecule has 0 aromatic heterocycles. The van der Waals surface area contributed by atoms with Crippen molar-refractivity contribution in [3.8, 4) is 0 Å². The van der Waals surface area contributed by atoms with Crippen LogP contribution in [0.25, 0.3) is 0 Å². The quantitative estimate of drug-likeness (QED) is 0.315. The molecule has 3 aromatic carbocycles. The molecule has 0 aliphatic rings. The van der Waals surface area contributed by atoms with Gasteiger partial charge >= 0.3 is 48.9 Å². The zero-order chi connectivity index (χ0) is 26.2. The molecule has 0 aliphatic carbocycles. The Kier molecular flexibility index (Phi) is 7.49. The second-order valence-corrected chi connectivity index (χ2v) is 13.3. The molecule has 0 saturated carbocycles. The zero-order valence-corrected chi connectivity index (χ0v) is 19.8. The predicted molar refractivity (Wildman–Crippen MR) is 100.0 cm³/mol. The van der Waals surface area contributed by atoms with Crippen LogP contribution in [0.4, 0.5) is 39.5 Å². The molecule has 0 aliphatic heterocycles. The van der Waals surface area contributed by atoms with Gasteiger partial charge in [0.1, 0.15) is 0 Å². The van der Waals surface area contributed by atoms with Gasteiger partial charge in [-0.25, -0.2) is 0 Å². The van der Waals surface area contributed by atoms with Crippen LogP contribution in [-0.4, -0.2) is 8.42 Å². The molecule has 35 heavy (non-hydrogen) atoms. The van der Waals surface area contributed by atoms with E-state index >= 15 is 0 Å². The molecule has 0 N–H and O–H groups in total. The molecule has 0 amide bonds. The fourth-order valence-electron chi connectivity index (χ4n) is 2.64. The van der Waals surface area contributed by atoms with Crippen LogP contribution in [0, 0.1) is 7.14 Å². The number of hydrogen-bond donors (Lipinski definition) is 0. The van der Waals surface area contributed by atoms with E-state index < -0.39 is 70.5 Å². The number of halogens is 10. The number of rotatable bonds is 5. The average molecular weight is 642 g/mol. The second kappa shape index (κ2) is 9.61. The van der Waals surface area contributed by atoms with Crippen molar-refractivity contribution in [1.29, 1.82) is 0 Å². The summed E-state index contributed by atoms with van der Waals surface area (Å²) in [6, 6.07) is 8.77. The van der Waals surface area contributed by atoms with Crippen molar-refractivity contribution >= 4 is 10.1 Å². The molecule has 0 atom stereocenters. The lowest BCUT2D eigenvalue weighted by atomic mass is 10.2. The van der Waals surface area contributed by atoms with Crippen molar-refractivity contribution in [1.82, 2.24) is 0 Å². The highest BCUT2D eigenvalue weighted by atomic mass is 127. The molecule has 3 rings (SSSR count). The summed E-state index contributed by atoms with van der Waals surface area (Å²) in [6.07, 6.45) is -14.1. The van der Waals surface area contributed by atoms with E-state index in [1.54, 1.807) is 0 Å². The van der Waals surface area contributed by atoms with E-state index in [-0.39, 0.29) is 7.14 Å². The van der Waals surface area contributed by atoms with E-state index in [9.17, 15) is 47.9 Å². The molecule has 189 valence electrons. The van der Waals surface area contributed by atoms with E-state index in [1.807, 2.05) is 0 Å². The summed E-state index contributed by atoms with van der Waals surface area (Å²) in [5.74, 6) is 0. The lowest BCUT2D eigenvalue weighted by Crippen LogP contribution is -3.85. The minimum Gasteiger partial charge on any atom is -0.190 e. The minimum absolute atomic E-state index is 0.00237. The monoisotopic (exact) mass is 642 g/mol. The third-order valence-electron chi connectivity index (χ3n) is 4.36. The van der Waals surface area contributed by atoms with Crippen molar-refractivity contribution < 1.29 is 70.7 Å². The van der Waals surface area contributed by atoms with Crippen molar-refractivity contribution in [2.24, 2.45) is 0 Å². The van der Waals surface area contributed by atoms with Gasteiger partial charge in [-0.3, -0.25) is 0 Å². The summed E-state index contributed by atoms with van der Waals surface area (Å²) in [5.41, 5.74) is -3.22. The van der Waals surface area contributed by atoms with E-state index in [0.29, 0.717) is 48.5 Å². The maximum absolute atomic E-state index is 12.9. The Bertz CT molecular complexity index is 1210. The molecule has 0 heterocycles. The summed E-state index contributed by atoms with van der Waals surface area (Å²) in [6.45, 7) is 0. The lowest BCUT2D eigenvalue weighted by Gasteiger charge is -2.10. The Morgan fingerprint density at radius 3 is 1.09 bits per heavy atom. The van der Waals surface area contributed by atoms with Crippen molar-refractivity contribution in [2.45, 2.75) is 23.4 Å². The van der Waals surface area contributed by atoms with E-state index in [0.717, 1.165) is 24.3 Å². The Labute approximate surface area is 200 Å². The standard InChI is InChI=1S/C21H12F9IO3S/c22-19(23,24)13-1-7-16(8-2-13)31(17-9-3-14(4-10-17)20(25,26)27)34-35(32,33)18-11-5-15(6-12-18)21(28,29)30/h1-12H/q+1. The predicted octanol–water partition coefficient (Wildman–Crippen LogP) is 3.73. The Balaban J connectivity index is 2.02. The minimum atomic E-state index is -4.74. The van der Waals surface area contributed by atoms with Gasteiger partial charge in [0.15, 0.2) is 7.14 Å². The van der Waals surface area contributed by atoms with E-state index in [1.165, 1.54) is 0 Å². The highest BCUT2D eigenvalue weighted by Crippen LogP contribution is 2.31. The Morgan fingerprint density at radius 1 is 0.514 bits per heavy atom. The normalized spacial score (nSPS) is 13.3. The molecular weight excluding hydrogens is 630 g/mol. The van der Waals surface area contributed by atoms with Gasteiger partial charge in [-0.15, -0.1) is 0 Å². The van der Waals surface area contributed by atoms with Gasteiger partial charge in [-0.2, -0.15) is 47.9 Å².